The number of fused-ring (bicyclic) bond motifs is 3. The van der Waals surface area contributed by atoms with Crippen molar-refractivity contribution < 1.29 is 14.3 Å². The number of ether oxygens (including phenoxy) is 1. The Balaban J connectivity index is 1.43. The first-order chi connectivity index (χ1) is 15.0. The van der Waals surface area contributed by atoms with Crippen molar-refractivity contribution in [1.29, 1.82) is 0 Å². The van der Waals surface area contributed by atoms with Crippen LogP contribution in [-0.2, 0) is 11.3 Å². The number of carbonyl (C=O) groups is 2. The molecule has 0 bridgehead atoms. The predicted octanol–water partition coefficient (Wildman–Crippen LogP) is 3.22. The summed E-state index contributed by atoms with van der Waals surface area (Å²) in [4.78, 5) is 29.0. The average Bonchev–Trinajstić information content (AvgIpc) is 3.04. The van der Waals surface area contributed by atoms with E-state index in [4.69, 9.17) is 4.74 Å². The Kier molecular flexibility index (Phi) is 5.38. The first-order valence-electron chi connectivity index (χ1n) is 11.1. The third kappa shape index (κ3) is 3.80. The molecule has 0 amide bonds. The highest BCUT2D eigenvalue weighted by Gasteiger charge is 2.28. The van der Waals surface area contributed by atoms with E-state index in [0.717, 1.165) is 74.3 Å². The van der Waals surface area contributed by atoms with E-state index in [-0.39, 0.29) is 11.6 Å². The van der Waals surface area contributed by atoms with Crippen LogP contribution in [0.4, 0.5) is 0 Å². The second kappa shape index (κ2) is 8.19. The molecule has 0 N–H and O–H groups in total. The Morgan fingerprint density at radius 2 is 1.39 bits per heavy atom. The van der Waals surface area contributed by atoms with Gasteiger partial charge in [0.05, 0.1) is 19.3 Å². The van der Waals surface area contributed by atoms with Gasteiger partial charge in [0.15, 0.2) is 11.6 Å². The van der Waals surface area contributed by atoms with Crippen LogP contribution in [0.15, 0.2) is 36.4 Å². The molecular weight excluding hydrogens is 390 g/mol. The Hall–Kier alpha value is -2.54. The lowest BCUT2D eigenvalue weighted by atomic mass is 10.0. The molecule has 0 aliphatic carbocycles. The lowest BCUT2D eigenvalue weighted by molar-refractivity contribution is -0.0769. The molecule has 0 spiro atoms. The molecule has 6 nitrogen and oxygen atoms in total. The van der Waals surface area contributed by atoms with E-state index >= 15 is 0 Å². The van der Waals surface area contributed by atoms with Crippen molar-refractivity contribution in [3.63, 3.8) is 0 Å². The summed E-state index contributed by atoms with van der Waals surface area (Å²) in [6, 6.07) is 12.5. The Morgan fingerprint density at radius 1 is 0.839 bits per heavy atom. The van der Waals surface area contributed by atoms with Gasteiger partial charge in [-0.2, -0.15) is 0 Å². The van der Waals surface area contributed by atoms with Crippen molar-refractivity contribution in [1.82, 2.24) is 14.4 Å². The smallest absolute Gasteiger partial charge is 0.159 e. The number of Topliss-reactive ketones (excluding diaryl/α,β-unsaturated/α-hetero) is 2. The molecule has 2 aliphatic heterocycles. The third-order valence-electron chi connectivity index (χ3n) is 6.86. The van der Waals surface area contributed by atoms with E-state index in [1.807, 2.05) is 36.4 Å². The van der Waals surface area contributed by atoms with Gasteiger partial charge >= 0.3 is 0 Å². The van der Waals surface area contributed by atoms with E-state index in [1.54, 1.807) is 13.8 Å². The SMILES string of the molecule is CC(=O)c1ccc2c(c1)c1cc(C(C)=O)ccc1n2CCN1CCN(C2COC2)CC1. The maximum absolute atomic E-state index is 12.0. The summed E-state index contributed by atoms with van der Waals surface area (Å²) in [5.74, 6) is 0.112. The first-order valence-corrected chi connectivity index (χ1v) is 11.1. The average molecular weight is 420 g/mol. The predicted molar refractivity (Wildman–Crippen MR) is 122 cm³/mol. The van der Waals surface area contributed by atoms with Crippen molar-refractivity contribution in [2.45, 2.75) is 26.4 Å². The molecule has 2 aliphatic rings. The van der Waals surface area contributed by atoms with Crippen LogP contribution in [0.25, 0.3) is 21.8 Å². The molecule has 2 saturated heterocycles. The topological polar surface area (TPSA) is 54.8 Å². The summed E-state index contributed by atoms with van der Waals surface area (Å²) in [7, 11) is 0. The number of carbonyl (C=O) groups excluding carboxylic acids is 2. The molecule has 3 heterocycles. The molecule has 162 valence electrons. The van der Waals surface area contributed by atoms with Gasteiger partial charge in [-0.1, -0.05) is 0 Å². The Labute approximate surface area is 182 Å². The minimum Gasteiger partial charge on any atom is -0.378 e. The Bertz CT molecular complexity index is 1080. The zero-order chi connectivity index (χ0) is 21.5. The van der Waals surface area contributed by atoms with Crippen molar-refractivity contribution >= 4 is 33.4 Å². The highest BCUT2D eigenvalue weighted by molar-refractivity contribution is 6.12. The minimum atomic E-state index is 0.0558. The largest absolute Gasteiger partial charge is 0.378 e. The van der Waals surface area contributed by atoms with Crippen LogP contribution < -0.4 is 0 Å². The molecule has 5 rings (SSSR count). The Morgan fingerprint density at radius 3 is 1.84 bits per heavy atom. The van der Waals surface area contributed by atoms with Gasteiger partial charge in [0.25, 0.3) is 0 Å². The molecule has 0 unspecified atom stereocenters. The van der Waals surface area contributed by atoms with Gasteiger partial charge in [0.1, 0.15) is 0 Å². The van der Waals surface area contributed by atoms with Crippen LogP contribution in [0.5, 0.6) is 0 Å². The molecule has 1 aromatic heterocycles. The van der Waals surface area contributed by atoms with Gasteiger partial charge in [0.2, 0.25) is 0 Å². The van der Waals surface area contributed by atoms with E-state index < -0.39 is 0 Å². The minimum absolute atomic E-state index is 0.0558. The first kappa shape index (κ1) is 20.4. The van der Waals surface area contributed by atoms with Gasteiger partial charge in [-0.25, -0.2) is 0 Å². The van der Waals surface area contributed by atoms with E-state index in [1.165, 1.54) is 0 Å². The van der Waals surface area contributed by atoms with Crippen molar-refractivity contribution in [3.8, 4) is 0 Å². The second-order valence-electron chi connectivity index (χ2n) is 8.80. The fraction of sp³-hybridized carbons (Fsp3) is 0.440. The summed E-state index contributed by atoms with van der Waals surface area (Å²) >= 11 is 0. The monoisotopic (exact) mass is 419 g/mol. The molecule has 2 fully saturated rings. The van der Waals surface area contributed by atoms with Crippen molar-refractivity contribution in [3.05, 3.63) is 47.5 Å². The highest BCUT2D eigenvalue weighted by atomic mass is 16.5. The summed E-state index contributed by atoms with van der Waals surface area (Å²) in [6.07, 6.45) is 0. The molecule has 2 aromatic carbocycles. The zero-order valence-corrected chi connectivity index (χ0v) is 18.3. The molecular formula is C25H29N3O3. The summed E-state index contributed by atoms with van der Waals surface area (Å²) in [5.41, 5.74) is 3.64. The number of aromatic nitrogens is 1. The number of hydrogen-bond acceptors (Lipinski definition) is 5. The fourth-order valence-electron chi connectivity index (χ4n) is 4.81. The van der Waals surface area contributed by atoms with Crippen LogP contribution >= 0.6 is 0 Å². The second-order valence-corrected chi connectivity index (χ2v) is 8.80. The van der Waals surface area contributed by atoms with Crippen LogP contribution in [-0.4, -0.2) is 77.9 Å². The van der Waals surface area contributed by atoms with Gasteiger partial charge in [-0.3, -0.25) is 19.4 Å². The maximum Gasteiger partial charge on any atom is 0.159 e. The zero-order valence-electron chi connectivity index (χ0n) is 18.3. The lowest BCUT2D eigenvalue weighted by Crippen LogP contribution is -2.56. The number of ketones is 2. The molecule has 0 saturated carbocycles. The van der Waals surface area contributed by atoms with Gasteiger partial charge in [-0.05, 0) is 50.2 Å². The summed E-state index contributed by atoms with van der Waals surface area (Å²) in [5, 5.41) is 2.08. The molecule has 31 heavy (non-hydrogen) atoms. The van der Waals surface area contributed by atoms with E-state index in [2.05, 4.69) is 14.4 Å². The van der Waals surface area contributed by atoms with Gasteiger partial charge < -0.3 is 9.30 Å². The quantitative estimate of drug-likeness (QED) is 0.575. The van der Waals surface area contributed by atoms with E-state index in [9.17, 15) is 9.59 Å². The van der Waals surface area contributed by atoms with Crippen LogP contribution in [0, 0.1) is 0 Å². The third-order valence-corrected chi connectivity index (χ3v) is 6.86. The number of hydrogen-bond donors (Lipinski definition) is 0. The fourth-order valence-corrected chi connectivity index (χ4v) is 4.81. The molecule has 0 atom stereocenters. The standard InChI is InChI=1S/C25H29N3O3/c1-17(29)19-3-5-24-22(13-19)23-14-20(18(2)30)4-6-25(23)28(24)12-9-26-7-10-27(11-8-26)21-15-31-16-21/h3-6,13-14,21H,7-12,15-16H2,1-2H3. The summed E-state index contributed by atoms with van der Waals surface area (Å²) in [6.45, 7) is 11.2. The van der Waals surface area contributed by atoms with Crippen LogP contribution in [0.3, 0.4) is 0 Å². The number of piperazine rings is 1. The number of rotatable bonds is 6. The van der Waals surface area contributed by atoms with E-state index in [0.29, 0.717) is 17.2 Å². The molecule has 6 heteroatoms. The maximum atomic E-state index is 12.0. The number of benzene rings is 2. The molecule has 3 aromatic rings. The van der Waals surface area contributed by atoms with Crippen LogP contribution in [0.1, 0.15) is 34.6 Å². The van der Waals surface area contributed by atoms with Gasteiger partial charge in [0, 0.05) is 72.2 Å². The normalized spacial score (nSPS) is 18.5. The summed E-state index contributed by atoms with van der Waals surface area (Å²) < 4.78 is 7.68. The van der Waals surface area contributed by atoms with Crippen molar-refractivity contribution in [2.24, 2.45) is 0 Å². The van der Waals surface area contributed by atoms with Gasteiger partial charge in [-0.15, -0.1) is 0 Å². The molecule has 0 radical (unpaired) electrons. The lowest BCUT2D eigenvalue weighted by Gasteiger charge is -2.42. The number of nitrogens with zero attached hydrogens (tertiary/aromatic N) is 3. The van der Waals surface area contributed by atoms with Crippen LogP contribution in [0.2, 0.25) is 0 Å². The van der Waals surface area contributed by atoms with Crippen molar-refractivity contribution in [2.75, 3.05) is 45.9 Å². The highest BCUT2D eigenvalue weighted by Crippen LogP contribution is 2.31.